The molecule has 5 heteroatoms. The van der Waals surface area contributed by atoms with Crippen molar-refractivity contribution in [3.63, 3.8) is 0 Å². The van der Waals surface area contributed by atoms with Gasteiger partial charge >= 0.3 is 0 Å². The number of aliphatic hydroxyl groups is 1. The molecule has 0 unspecified atom stereocenters. The van der Waals surface area contributed by atoms with E-state index in [0.29, 0.717) is 0 Å². The second kappa shape index (κ2) is 5.59. The zero-order valence-corrected chi connectivity index (χ0v) is 11.8. The van der Waals surface area contributed by atoms with Crippen LogP contribution in [0.4, 0.5) is 0 Å². The van der Waals surface area contributed by atoms with Crippen molar-refractivity contribution in [3.05, 3.63) is 16.4 Å². The van der Waals surface area contributed by atoms with Crippen LogP contribution in [0.3, 0.4) is 0 Å². The van der Waals surface area contributed by atoms with Gasteiger partial charge in [-0.25, -0.2) is 0 Å². The summed E-state index contributed by atoms with van der Waals surface area (Å²) < 4.78 is 7.34. The first-order valence-electron chi connectivity index (χ1n) is 6.52. The molecule has 1 aromatic heterocycles. The van der Waals surface area contributed by atoms with E-state index in [-0.39, 0.29) is 12.0 Å². The summed E-state index contributed by atoms with van der Waals surface area (Å²) in [5, 5.41) is 14.9. The van der Waals surface area contributed by atoms with Crippen molar-refractivity contribution in [2.45, 2.75) is 39.7 Å². The number of aryl methyl sites for hydroxylation is 2. The van der Waals surface area contributed by atoms with Gasteiger partial charge in [0.15, 0.2) is 0 Å². The SMILES string of the molecule is CCn1nc(C)c(Cl)c1CC1(CO)CCOCC1. The van der Waals surface area contributed by atoms with Crippen molar-refractivity contribution in [2.24, 2.45) is 5.41 Å². The highest BCUT2D eigenvalue weighted by molar-refractivity contribution is 6.31. The maximum atomic E-state index is 9.74. The first-order valence-corrected chi connectivity index (χ1v) is 6.90. The van der Waals surface area contributed by atoms with Gasteiger partial charge < -0.3 is 9.84 Å². The van der Waals surface area contributed by atoms with Gasteiger partial charge in [-0.3, -0.25) is 4.68 Å². The minimum atomic E-state index is -0.0959. The van der Waals surface area contributed by atoms with E-state index in [2.05, 4.69) is 12.0 Å². The average Bonchev–Trinajstić information content (AvgIpc) is 2.67. The van der Waals surface area contributed by atoms with Crippen LogP contribution in [-0.2, 0) is 17.7 Å². The van der Waals surface area contributed by atoms with Gasteiger partial charge in [-0.05, 0) is 33.1 Å². The molecule has 1 N–H and O–H groups in total. The van der Waals surface area contributed by atoms with Crippen LogP contribution in [0.15, 0.2) is 0 Å². The van der Waals surface area contributed by atoms with Crippen LogP contribution in [0.1, 0.15) is 31.2 Å². The normalized spacial score (nSPS) is 19.1. The molecule has 0 amide bonds. The Morgan fingerprint density at radius 2 is 2.11 bits per heavy atom. The van der Waals surface area contributed by atoms with Gasteiger partial charge in [0, 0.05) is 31.8 Å². The highest BCUT2D eigenvalue weighted by Crippen LogP contribution is 2.36. The van der Waals surface area contributed by atoms with Crippen LogP contribution in [0.2, 0.25) is 5.02 Å². The number of aromatic nitrogens is 2. The van der Waals surface area contributed by atoms with E-state index >= 15 is 0 Å². The summed E-state index contributed by atoms with van der Waals surface area (Å²) in [5.41, 5.74) is 1.82. The summed E-state index contributed by atoms with van der Waals surface area (Å²) in [6, 6.07) is 0. The van der Waals surface area contributed by atoms with Crippen molar-refractivity contribution in [3.8, 4) is 0 Å². The number of hydrogen-bond donors (Lipinski definition) is 1. The quantitative estimate of drug-likeness (QED) is 0.914. The van der Waals surface area contributed by atoms with E-state index in [4.69, 9.17) is 16.3 Å². The second-order valence-corrected chi connectivity index (χ2v) is 5.49. The third-order valence-electron chi connectivity index (χ3n) is 3.88. The largest absolute Gasteiger partial charge is 0.396 e. The highest BCUT2D eigenvalue weighted by Gasteiger charge is 2.34. The van der Waals surface area contributed by atoms with E-state index in [9.17, 15) is 5.11 Å². The summed E-state index contributed by atoms with van der Waals surface area (Å²) in [6.07, 6.45) is 2.54. The molecule has 2 heterocycles. The average molecular weight is 273 g/mol. The third-order valence-corrected chi connectivity index (χ3v) is 4.38. The van der Waals surface area contributed by atoms with Crippen molar-refractivity contribution < 1.29 is 9.84 Å². The zero-order chi connectivity index (χ0) is 13.2. The first-order chi connectivity index (χ1) is 8.62. The molecule has 1 saturated heterocycles. The first kappa shape index (κ1) is 13.8. The molecule has 18 heavy (non-hydrogen) atoms. The molecule has 1 aromatic rings. The summed E-state index contributed by atoms with van der Waals surface area (Å²) in [4.78, 5) is 0. The van der Waals surface area contributed by atoms with Gasteiger partial charge in [-0.2, -0.15) is 5.10 Å². The summed E-state index contributed by atoms with van der Waals surface area (Å²) in [6.45, 7) is 6.41. The van der Waals surface area contributed by atoms with E-state index in [1.54, 1.807) is 0 Å². The summed E-state index contributed by atoms with van der Waals surface area (Å²) >= 11 is 6.33. The van der Waals surface area contributed by atoms with Crippen LogP contribution in [0, 0.1) is 12.3 Å². The predicted molar refractivity (Wildman–Crippen MR) is 70.9 cm³/mol. The lowest BCUT2D eigenvalue weighted by atomic mass is 9.77. The molecule has 0 bridgehead atoms. The van der Waals surface area contributed by atoms with Gasteiger partial charge in [-0.1, -0.05) is 11.6 Å². The molecule has 0 radical (unpaired) electrons. The molecule has 1 fully saturated rings. The van der Waals surface area contributed by atoms with Gasteiger partial charge in [0.1, 0.15) is 0 Å². The fraction of sp³-hybridized carbons (Fsp3) is 0.769. The predicted octanol–water partition coefficient (Wildman–Crippen LogP) is 2.20. The smallest absolute Gasteiger partial charge is 0.0847 e. The van der Waals surface area contributed by atoms with E-state index in [0.717, 1.165) is 55.4 Å². The molecule has 102 valence electrons. The number of aliphatic hydroxyl groups excluding tert-OH is 1. The Hall–Kier alpha value is -0.580. The molecular weight excluding hydrogens is 252 g/mol. The van der Waals surface area contributed by atoms with Crippen LogP contribution < -0.4 is 0 Å². The van der Waals surface area contributed by atoms with Crippen molar-refractivity contribution in [1.29, 1.82) is 0 Å². The molecule has 0 aliphatic carbocycles. The Kier molecular flexibility index (Phi) is 4.30. The van der Waals surface area contributed by atoms with Gasteiger partial charge in [0.05, 0.1) is 16.4 Å². The lowest BCUT2D eigenvalue weighted by Gasteiger charge is -2.35. The van der Waals surface area contributed by atoms with Crippen molar-refractivity contribution >= 4 is 11.6 Å². The monoisotopic (exact) mass is 272 g/mol. The fourth-order valence-electron chi connectivity index (χ4n) is 2.59. The van der Waals surface area contributed by atoms with E-state index in [1.165, 1.54) is 0 Å². The Labute approximate surface area is 113 Å². The van der Waals surface area contributed by atoms with Gasteiger partial charge in [0.25, 0.3) is 0 Å². The molecule has 0 atom stereocenters. The van der Waals surface area contributed by atoms with Crippen molar-refractivity contribution in [1.82, 2.24) is 9.78 Å². The number of ether oxygens (including phenoxy) is 1. The summed E-state index contributed by atoms with van der Waals surface area (Å²) in [5.74, 6) is 0. The molecule has 4 nitrogen and oxygen atoms in total. The number of halogens is 1. The number of rotatable bonds is 4. The van der Waals surface area contributed by atoms with Crippen LogP contribution in [0.25, 0.3) is 0 Å². The lowest BCUT2D eigenvalue weighted by molar-refractivity contribution is -0.0167. The van der Waals surface area contributed by atoms with Crippen LogP contribution in [-0.4, -0.2) is 34.7 Å². The zero-order valence-electron chi connectivity index (χ0n) is 11.1. The molecule has 2 rings (SSSR count). The number of nitrogens with zero attached hydrogens (tertiary/aromatic N) is 2. The maximum absolute atomic E-state index is 9.74. The maximum Gasteiger partial charge on any atom is 0.0847 e. The molecule has 1 aliphatic heterocycles. The van der Waals surface area contributed by atoms with E-state index in [1.807, 2.05) is 11.6 Å². The van der Waals surface area contributed by atoms with Gasteiger partial charge in [0.2, 0.25) is 0 Å². The fourth-order valence-corrected chi connectivity index (χ4v) is 2.79. The van der Waals surface area contributed by atoms with Crippen LogP contribution >= 0.6 is 11.6 Å². The Morgan fingerprint density at radius 1 is 1.44 bits per heavy atom. The third kappa shape index (κ3) is 2.56. The topological polar surface area (TPSA) is 47.3 Å². The van der Waals surface area contributed by atoms with Gasteiger partial charge in [-0.15, -0.1) is 0 Å². The van der Waals surface area contributed by atoms with E-state index < -0.39 is 0 Å². The molecule has 0 spiro atoms. The molecular formula is C13H21ClN2O2. The Morgan fingerprint density at radius 3 is 2.67 bits per heavy atom. The number of hydrogen-bond acceptors (Lipinski definition) is 3. The molecule has 0 saturated carbocycles. The van der Waals surface area contributed by atoms with Crippen LogP contribution in [0.5, 0.6) is 0 Å². The van der Waals surface area contributed by atoms with Crippen molar-refractivity contribution in [2.75, 3.05) is 19.8 Å². The summed E-state index contributed by atoms with van der Waals surface area (Å²) in [7, 11) is 0. The second-order valence-electron chi connectivity index (χ2n) is 5.11. The molecule has 1 aliphatic rings. The molecule has 0 aromatic carbocycles. The Balaban J connectivity index is 2.26. The standard InChI is InChI=1S/C13H21ClN2O2/c1-3-16-11(12(14)10(2)15-16)8-13(9-17)4-6-18-7-5-13/h17H,3-9H2,1-2H3. The Bertz CT molecular complexity index is 411. The minimum absolute atomic E-state index is 0.0959. The lowest BCUT2D eigenvalue weighted by Crippen LogP contribution is -2.35. The minimum Gasteiger partial charge on any atom is -0.396 e. The highest BCUT2D eigenvalue weighted by atomic mass is 35.5.